The van der Waals surface area contributed by atoms with Crippen molar-refractivity contribution in [2.24, 2.45) is 0 Å². The van der Waals surface area contributed by atoms with Crippen molar-refractivity contribution in [1.82, 2.24) is 4.73 Å². The lowest BCUT2D eigenvalue weighted by Crippen LogP contribution is -2.25. The van der Waals surface area contributed by atoms with Crippen LogP contribution in [0.5, 0.6) is 0 Å². The zero-order chi connectivity index (χ0) is 10.0. The summed E-state index contributed by atoms with van der Waals surface area (Å²) < 4.78 is 4.78. The normalized spacial score (nSPS) is 9.69. The molecule has 70 valence electrons. The molecule has 6 heteroatoms. The number of nitrogens with one attached hydrogen (secondary N) is 1. The van der Waals surface area contributed by atoms with Gasteiger partial charge < -0.3 is 9.94 Å². The Kier molecular flexibility index (Phi) is 2.57. The van der Waals surface area contributed by atoms with Crippen molar-refractivity contribution in [3.8, 4) is 0 Å². The van der Waals surface area contributed by atoms with Crippen molar-refractivity contribution in [1.29, 1.82) is 5.41 Å². The van der Waals surface area contributed by atoms with E-state index in [1.807, 2.05) is 0 Å². The fraction of sp³-hybridized carbons (Fsp3) is 0.143. The maximum absolute atomic E-state index is 11.0. The molecule has 5 nitrogen and oxygen atoms in total. The largest absolute Gasteiger partial charge is 0.465 e. The van der Waals surface area contributed by atoms with Gasteiger partial charge in [-0.15, -0.1) is 0 Å². The van der Waals surface area contributed by atoms with Crippen LogP contribution in [-0.4, -0.2) is 23.0 Å². The first-order valence-electron chi connectivity index (χ1n) is 3.31. The number of ether oxygens (including phenoxy) is 1. The summed E-state index contributed by atoms with van der Waals surface area (Å²) in [6, 6.07) is 2.61. The summed E-state index contributed by atoms with van der Waals surface area (Å²) in [5.41, 5.74) is -0.450. The maximum atomic E-state index is 11.0. The molecule has 0 spiro atoms. The van der Waals surface area contributed by atoms with Crippen molar-refractivity contribution in [2.75, 3.05) is 7.11 Å². The molecule has 1 aromatic heterocycles. The van der Waals surface area contributed by atoms with Crippen LogP contribution in [0.4, 0.5) is 0 Å². The summed E-state index contributed by atoms with van der Waals surface area (Å²) in [6.45, 7) is 0. The molecule has 0 bridgehead atoms. The van der Waals surface area contributed by atoms with Crippen LogP contribution in [0.25, 0.3) is 0 Å². The Morgan fingerprint density at radius 2 is 2.31 bits per heavy atom. The van der Waals surface area contributed by atoms with E-state index < -0.39 is 11.5 Å². The minimum Gasteiger partial charge on any atom is -0.465 e. The molecule has 0 aromatic carbocycles. The van der Waals surface area contributed by atoms with Crippen LogP contribution in [-0.2, 0) is 4.74 Å². The second-order valence-electron chi connectivity index (χ2n) is 2.22. The van der Waals surface area contributed by atoms with Crippen LogP contribution < -0.4 is 5.49 Å². The molecule has 0 amide bonds. The molecule has 0 saturated heterocycles. The number of methoxy groups -OCH3 is 1. The highest BCUT2D eigenvalue weighted by molar-refractivity contribution is 6.29. The van der Waals surface area contributed by atoms with Gasteiger partial charge in [0.1, 0.15) is 10.7 Å². The first-order valence-corrected chi connectivity index (χ1v) is 3.69. The van der Waals surface area contributed by atoms with E-state index in [-0.39, 0.29) is 10.7 Å². The molecular formula is C7H7ClN2O3. The van der Waals surface area contributed by atoms with E-state index in [4.69, 9.17) is 22.2 Å². The predicted molar refractivity (Wildman–Crippen MR) is 43.8 cm³/mol. The summed E-state index contributed by atoms with van der Waals surface area (Å²) >= 11 is 5.47. The maximum Gasteiger partial charge on any atom is 0.341 e. The van der Waals surface area contributed by atoms with E-state index in [1.165, 1.54) is 19.2 Å². The third-order valence-corrected chi connectivity index (χ3v) is 1.75. The van der Waals surface area contributed by atoms with Crippen molar-refractivity contribution in [2.45, 2.75) is 0 Å². The highest BCUT2D eigenvalue weighted by atomic mass is 35.5. The SMILES string of the molecule is COC(=O)c1ccc(Cl)n(O)c1=N. The molecule has 1 aromatic rings. The minimum absolute atomic E-state index is 0.0438. The lowest BCUT2D eigenvalue weighted by molar-refractivity contribution is 0.0590. The summed E-state index contributed by atoms with van der Waals surface area (Å²) in [4.78, 5) is 11.0. The van der Waals surface area contributed by atoms with Gasteiger partial charge in [-0.1, -0.05) is 11.6 Å². The third-order valence-electron chi connectivity index (χ3n) is 1.46. The number of aromatic nitrogens is 1. The van der Waals surface area contributed by atoms with Crippen molar-refractivity contribution >= 4 is 17.6 Å². The van der Waals surface area contributed by atoms with E-state index in [0.29, 0.717) is 4.73 Å². The molecule has 1 heterocycles. The zero-order valence-corrected chi connectivity index (χ0v) is 7.50. The second kappa shape index (κ2) is 3.49. The summed E-state index contributed by atoms with van der Waals surface area (Å²) in [5, 5.41) is 16.4. The number of nitrogens with zero attached hydrogens (tertiary/aromatic N) is 1. The monoisotopic (exact) mass is 202 g/mol. The van der Waals surface area contributed by atoms with E-state index in [1.54, 1.807) is 0 Å². The van der Waals surface area contributed by atoms with Gasteiger partial charge in [-0.05, 0) is 12.1 Å². The van der Waals surface area contributed by atoms with Crippen LogP contribution in [0.3, 0.4) is 0 Å². The molecule has 1 rings (SSSR count). The van der Waals surface area contributed by atoms with Gasteiger partial charge in [0.15, 0.2) is 5.49 Å². The number of rotatable bonds is 1. The average molecular weight is 203 g/mol. The van der Waals surface area contributed by atoms with E-state index in [2.05, 4.69) is 4.74 Å². The lowest BCUT2D eigenvalue weighted by Gasteiger charge is -2.03. The highest BCUT2D eigenvalue weighted by Gasteiger charge is 2.11. The quantitative estimate of drug-likeness (QED) is 0.399. The first-order chi connectivity index (χ1) is 6.07. The number of carbonyl (C=O) groups is 1. The van der Waals surface area contributed by atoms with Crippen molar-refractivity contribution < 1.29 is 14.7 Å². The molecule has 0 radical (unpaired) electrons. The van der Waals surface area contributed by atoms with Crippen LogP contribution in [0, 0.1) is 5.41 Å². The van der Waals surface area contributed by atoms with Gasteiger partial charge in [0.25, 0.3) is 0 Å². The molecule has 0 atom stereocenters. The van der Waals surface area contributed by atoms with Crippen LogP contribution in [0.2, 0.25) is 5.15 Å². The Hall–Kier alpha value is -1.49. The fourth-order valence-electron chi connectivity index (χ4n) is 0.797. The highest BCUT2D eigenvalue weighted by Crippen LogP contribution is 2.04. The van der Waals surface area contributed by atoms with E-state index >= 15 is 0 Å². The number of carbonyl (C=O) groups excluding carboxylic acids is 1. The number of hydrogen-bond acceptors (Lipinski definition) is 4. The Balaban J connectivity index is 3.35. The molecule has 13 heavy (non-hydrogen) atoms. The van der Waals surface area contributed by atoms with Gasteiger partial charge in [0.2, 0.25) is 0 Å². The zero-order valence-electron chi connectivity index (χ0n) is 6.74. The smallest absolute Gasteiger partial charge is 0.341 e. The second-order valence-corrected chi connectivity index (χ2v) is 2.61. The standard InChI is InChI=1S/C7H7ClN2O3/c1-13-7(11)4-2-3-5(8)10(12)6(4)9/h2-3,9,12H,1H3. The molecule has 0 unspecified atom stereocenters. The first kappa shape index (κ1) is 9.60. The Bertz CT molecular complexity index is 399. The number of hydrogen-bond donors (Lipinski definition) is 2. The van der Waals surface area contributed by atoms with Crippen LogP contribution in [0.1, 0.15) is 10.4 Å². The average Bonchev–Trinajstić information content (AvgIpc) is 2.13. The Morgan fingerprint density at radius 1 is 1.69 bits per heavy atom. The van der Waals surface area contributed by atoms with Crippen molar-refractivity contribution in [3.63, 3.8) is 0 Å². The summed E-state index contributed by atoms with van der Waals surface area (Å²) in [5.74, 6) is -0.690. The van der Waals surface area contributed by atoms with Gasteiger partial charge in [-0.25, -0.2) is 4.79 Å². The van der Waals surface area contributed by atoms with Crippen molar-refractivity contribution in [3.05, 3.63) is 28.3 Å². The number of pyridine rings is 1. The van der Waals surface area contributed by atoms with Gasteiger partial charge in [0.05, 0.1) is 7.11 Å². The van der Waals surface area contributed by atoms with Gasteiger partial charge in [-0.3, -0.25) is 5.41 Å². The minimum atomic E-state index is -0.690. The van der Waals surface area contributed by atoms with E-state index in [0.717, 1.165) is 0 Å². The number of esters is 1. The topological polar surface area (TPSA) is 75.3 Å². The van der Waals surface area contributed by atoms with Gasteiger partial charge >= 0.3 is 5.97 Å². The van der Waals surface area contributed by atoms with Gasteiger partial charge in [-0.2, -0.15) is 4.73 Å². The molecule has 0 aliphatic carbocycles. The fourth-order valence-corrected chi connectivity index (χ4v) is 0.945. The Labute approximate surface area is 78.6 Å². The predicted octanol–water partition coefficient (Wildman–Crippen LogP) is 0.645. The van der Waals surface area contributed by atoms with E-state index in [9.17, 15) is 4.79 Å². The molecule has 0 saturated carbocycles. The molecule has 2 N–H and O–H groups in total. The summed E-state index contributed by atoms with van der Waals surface area (Å²) in [7, 11) is 1.19. The lowest BCUT2D eigenvalue weighted by atomic mass is 10.3. The van der Waals surface area contributed by atoms with Crippen LogP contribution in [0.15, 0.2) is 12.1 Å². The molecule has 0 aliphatic heterocycles. The molecular weight excluding hydrogens is 196 g/mol. The molecule has 0 aliphatic rings. The number of halogens is 1. The Morgan fingerprint density at radius 3 is 2.85 bits per heavy atom. The van der Waals surface area contributed by atoms with Crippen LogP contribution >= 0.6 is 11.6 Å². The summed E-state index contributed by atoms with van der Waals surface area (Å²) in [6.07, 6.45) is 0. The third kappa shape index (κ3) is 1.65. The van der Waals surface area contributed by atoms with Gasteiger partial charge in [0, 0.05) is 0 Å². The molecule has 0 fully saturated rings.